The molecule has 3 rings (SSSR count). The highest BCUT2D eigenvalue weighted by Gasteiger charge is 2.25. The van der Waals surface area contributed by atoms with E-state index in [0.717, 1.165) is 3.53 Å². The third-order valence-electron chi connectivity index (χ3n) is 3.51. The molecule has 0 N–H and O–H groups in total. The van der Waals surface area contributed by atoms with E-state index in [4.69, 9.17) is 12.2 Å². The van der Waals surface area contributed by atoms with Gasteiger partial charge in [-0.3, -0.25) is 0 Å². The molecule has 1 heterocycles. The van der Waals surface area contributed by atoms with Gasteiger partial charge in [-0.05, 0) is 24.0 Å². The standard InChI is InChI=1S/C17H16S3/c18-17-19-15(13-7-3-1-4-8-13)11-12-16(20-17)14-9-5-2-6-10-14/h1-10,15-16H,11-12H2. The van der Waals surface area contributed by atoms with Crippen LogP contribution in [-0.4, -0.2) is 3.53 Å². The van der Waals surface area contributed by atoms with Crippen molar-refractivity contribution in [3.8, 4) is 0 Å². The minimum atomic E-state index is 0.505. The van der Waals surface area contributed by atoms with E-state index in [9.17, 15) is 0 Å². The maximum atomic E-state index is 5.57. The molecule has 102 valence electrons. The fourth-order valence-electron chi connectivity index (χ4n) is 2.49. The molecule has 1 saturated heterocycles. The molecule has 0 saturated carbocycles. The predicted molar refractivity (Wildman–Crippen MR) is 95.4 cm³/mol. The Morgan fingerprint density at radius 2 is 1.10 bits per heavy atom. The molecule has 0 radical (unpaired) electrons. The molecular formula is C17H16S3. The molecule has 2 atom stereocenters. The summed E-state index contributed by atoms with van der Waals surface area (Å²) < 4.78 is 1.07. The zero-order valence-electron chi connectivity index (χ0n) is 11.1. The summed E-state index contributed by atoms with van der Waals surface area (Å²) in [5.74, 6) is 0. The van der Waals surface area contributed by atoms with Gasteiger partial charge in [-0.15, -0.1) is 0 Å². The van der Waals surface area contributed by atoms with Gasteiger partial charge in [0, 0.05) is 10.5 Å². The lowest BCUT2D eigenvalue weighted by atomic mass is 10.0. The van der Waals surface area contributed by atoms with E-state index < -0.39 is 0 Å². The van der Waals surface area contributed by atoms with Crippen LogP contribution in [0.15, 0.2) is 60.7 Å². The quantitative estimate of drug-likeness (QED) is 0.622. The Morgan fingerprint density at radius 3 is 1.50 bits per heavy atom. The number of thiocarbonyl (C=S) groups is 1. The van der Waals surface area contributed by atoms with Crippen LogP contribution in [0.25, 0.3) is 0 Å². The first-order valence-corrected chi connectivity index (χ1v) is 8.97. The Balaban J connectivity index is 1.77. The molecule has 0 aliphatic carbocycles. The average Bonchev–Trinajstić information content (AvgIpc) is 2.71. The summed E-state index contributed by atoms with van der Waals surface area (Å²) >= 11 is 9.28. The number of rotatable bonds is 2. The van der Waals surface area contributed by atoms with Gasteiger partial charge >= 0.3 is 0 Å². The van der Waals surface area contributed by atoms with Crippen LogP contribution in [0, 0.1) is 0 Å². The summed E-state index contributed by atoms with van der Waals surface area (Å²) in [6.07, 6.45) is 2.36. The second-order valence-corrected chi connectivity index (χ2v) is 8.47. The Morgan fingerprint density at radius 1 is 0.700 bits per heavy atom. The molecule has 2 aromatic rings. The van der Waals surface area contributed by atoms with Crippen molar-refractivity contribution in [2.24, 2.45) is 0 Å². The Kier molecular flexibility index (Phi) is 4.81. The molecule has 1 aliphatic heterocycles. The van der Waals surface area contributed by atoms with Crippen molar-refractivity contribution in [3.05, 3.63) is 71.8 Å². The van der Waals surface area contributed by atoms with Crippen molar-refractivity contribution >= 4 is 39.3 Å². The molecule has 1 aliphatic rings. The van der Waals surface area contributed by atoms with Gasteiger partial charge in [0.25, 0.3) is 0 Å². The van der Waals surface area contributed by atoms with Crippen LogP contribution < -0.4 is 0 Å². The van der Waals surface area contributed by atoms with Crippen molar-refractivity contribution < 1.29 is 0 Å². The first-order valence-electron chi connectivity index (χ1n) is 6.80. The number of hydrogen-bond acceptors (Lipinski definition) is 3. The lowest BCUT2D eigenvalue weighted by Gasteiger charge is -2.14. The van der Waals surface area contributed by atoms with Crippen molar-refractivity contribution in [2.45, 2.75) is 23.3 Å². The fraction of sp³-hybridized carbons (Fsp3) is 0.235. The summed E-state index contributed by atoms with van der Waals surface area (Å²) in [6, 6.07) is 21.5. The normalized spacial score (nSPS) is 23.3. The van der Waals surface area contributed by atoms with Crippen molar-refractivity contribution in [1.29, 1.82) is 0 Å². The average molecular weight is 317 g/mol. The van der Waals surface area contributed by atoms with E-state index in [1.165, 1.54) is 24.0 Å². The maximum Gasteiger partial charge on any atom is 0.105 e. The molecule has 2 aromatic carbocycles. The van der Waals surface area contributed by atoms with E-state index in [1.54, 1.807) is 0 Å². The lowest BCUT2D eigenvalue weighted by molar-refractivity contribution is 0.717. The molecule has 2 unspecified atom stereocenters. The molecular weight excluding hydrogens is 300 g/mol. The minimum absolute atomic E-state index is 0.505. The van der Waals surface area contributed by atoms with Crippen LogP contribution >= 0.6 is 35.7 Å². The van der Waals surface area contributed by atoms with E-state index in [1.807, 2.05) is 23.5 Å². The number of hydrogen-bond donors (Lipinski definition) is 0. The first-order chi connectivity index (χ1) is 9.83. The predicted octanol–water partition coefficient (Wildman–Crippen LogP) is 6.01. The highest BCUT2D eigenvalue weighted by atomic mass is 32.2. The smallest absolute Gasteiger partial charge is 0.0995 e. The summed E-state index contributed by atoms with van der Waals surface area (Å²) in [5, 5.41) is 1.01. The van der Waals surface area contributed by atoms with Crippen LogP contribution in [-0.2, 0) is 0 Å². The van der Waals surface area contributed by atoms with Crippen LogP contribution in [0.1, 0.15) is 34.5 Å². The van der Waals surface area contributed by atoms with Gasteiger partial charge in [0.1, 0.15) is 3.53 Å². The summed E-state index contributed by atoms with van der Waals surface area (Å²) in [6.45, 7) is 0. The third-order valence-corrected chi connectivity index (χ3v) is 6.64. The SMILES string of the molecule is S=C1SC(c2ccccc2)CCC(c2ccccc2)S1. The lowest BCUT2D eigenvalue weighted by Crippen LogP contribution is -1.95. The maximum absolute atomic E-state index is 5.57. The topological polar surface area (TPSA) is 0 Å². The highest BCUT2D eigenvalue weighted by Crippen LogP contribution is 2.48. The van der Waals surface area contributed by atoms with E-state index >= 15 is 0 Å². The molecule has 0 nitrogen and oxygen atoms in total. The number of thioether (sulfide) groups is 2. The zero-order valence-corrected chi connectivity index (χ0v) is 13.5. The Labute approximate surface area is 134 Å². The Bertz CT molecular complexity index is 514. The van der Waals surface area contributed by atoms with Crippen LogP contribution in [0.2, 0.25) is 0 Å². The molecule has 1 fully saturated rings. The summed E-state index contributed by atoms with van der Waals surface area (Å²) in [4.78, 5) is 0. The van der Waals surface area contributed by atoms with Gasteiger partial charge in [-0.2, -0.15) is 0 Å². The van der Waals surface area contributed by atoms with E-state index in [0.29, 0.717) is 10.5 Å². The second kappa shape index (κ2) is 6.79. The monoisotopic (exact) mass is 316 g/mol. The van der Waals surface area contributed by atoms with Crippen molar-refractivity contribution in [2.75, 3.05) is 0 Å². The van der Waals surface area contributed by atoms with Gasteiger partial charge in [-0.1, -0.05) is 96.4 Å². The van der Waals surface area contributed by atoms with Gasteiger partial charge in [-0.25, -0.2) is 0 Å². The zero-order chi connectivity index (χ0) is 13.8. The van der Waals surface area contributed by atoms with E-state index in [2.05, 4.69) is 60.7 Å². The van der Waals surface area contributed by atoms with E-state index in [-0.39, 0.29) is 0 Å². The molecule has 3 heteroatoms. The Hall–Kier alpha value is -0.770. The fourth-order valence-corrected chi connectivity index (χ4v) is 5.66. The summed E-state index contributed by atoms with van der Waals surface area (Å²) in [7, 11) is 0. The molecule has 20 heavy (non-hydrogen) atoms. The largest absolute Gasteiger partial charge is 0.105 e. The molecule has 0 spiro atoms. The minimum Gasteiger partial charge on any atom is -0.0995 e. The highest BCUT2D eigenvalue weighted by molar-refractivity contribution is 8.47. The summed E-state index contributed by atoms with van der Waals surface area (Å²) in [5.41, 5.74) is 2.79. The first kappa shape index (κ1) is 14.2. The van der Waals surface area contributed by atoms with Crippen LogP contribution in [0.3, 0.4) is 0 Å². The third kappa shape index (κ3) is 3.46. The van der Waals surface area contributed by atoms with Gasteiger partial charge in [0.15, 0.2) is 0 Å². The van der Waals surface area contributed by atoms with Crippen molar-refractivity contribution in [1.82, 2.24) is 0 Å². The molecule has 0 bridgehead atoms. The molecule has 0 amide bonds. The van der Waals surface area contributed by atoms with Gasteiger partial charge < -0.3 is 0 Å². The number of benzene rings is 2. The molecule has 0 aromatic heterocycles. The van der Waals surface area contributed by atoms with Crippen LogP contribution in [0.4, 0.5) is 0 Å². The van der Waals surface area contributed by atoms with Gasteiger partial charge in [0.05, 0.1) is 0 Å². The van der Waals surface area contributed by atoms with Gasteiger partial charge in [0.2, 0.25) is 0 Å². The van der Waals surface area contributed by atoms with Crippen molar-refractivity contribution in [3.63, 3.8) is 0 Å². The van der Waals surface area contributed by atoms with Crippen LogP contribution in [0.5, 0.6) is 0 Å². The second-order valence-electron chi connectivity index (χ2n) is 4.86.